The molecule has 1 rings (SSSR count). The van der Waals surface area contributed by atoms with Crippen LogP contribution in [0.2, 0.25) is 13.1 Å². The minimum absolute atomic E-state index is 0.825. The zero-order valence-corrected chi connectivity index (χ0v) is 12.4. The van der Waals surface area contributed by atoms with E-state index in [0.717, 1.165) is 5.19 Å². The molecule has 0 nitrogen and oxygen atoms in total. The molecule has 0 aliphatic heterocycles. The quantitative estimate of drug-likeness (QED) is 0.333. The molecule has 98 valence electrons. The van der Waals surface area contributed by atoms with Crippen molar-refractivity contribution in [3.8, 4) is 11.5 Å². The van der Waals surface area contributed by atoms with Crippen molar-refractivity contribution in [3.05, 3.63) is 30.3 Å². The molecule has 0 saturated carbocycles. The van der Waals surface area contributed by atoms with Crippen molar-refractivity contribution in [2.45, 2.75) is 23.8 Å². The lowest BCUT2D eigenvalue weighted by atomic mass is 10.4. The molecule has 0 amide bonds. The lowest BCUT2D eigenvalue weighted by Gasteiger charge is -2.18. The third-order valence-electron chi connectivity index (χ3n) is 2.38. The van der Waals surface area contributed by atoms with Crippen LogP contribution in [0.25, 0.3) is 0 Å². The molecule has 0 aliphatic rings. The van der Waals surface area contributed by atoms with Gasteiger partial charge in [0.1, 0.15) is 0 Å². The SMILES string of the molecule is C[Si](C)(C#CC(F)(F)C(F)(F)Br)c1ccccc1. The minimum atomic E-state index is -4.37. The number of benzene rings is 1. The zero-order valence-electron chi connectivity index (χ0n) is 9.78. The van der Waals surface area contributed by atoms with E-state index in [1.165, 1.54) is 5.92 Å². The number of hydrogen-bond acceptors (Lipinski definition) is 0. The van der Waals surface area contributed by atoms with E-state index in [9.17, 15) is 17.6 Å². The summed E-state index contributed by atoms with van der Waals surface area (Å²) >= 11 is 1.65. The Morgan fingerprint density at radius 3 is 2.00 bits per heavy atom. The van der Waals surface area contributed by atoms with Gasteiger partial charge in [0.15, 0.2) is 8.07 Å². The van der Waals surface area contributed by atoms with Gasteiger partial charge in [-0.1, -0.05) is 43.4 Å². The third-order valence-corrected chi connectivity index (χ3v) is 5.41. The first-order valence-electron chi connectivity index (χ1n) is 5.11. The van der Waals surface area contributed by atoms with E-state index in [-0.39, 0.29) is 0 Å². The Morgan fingerprint density at radius 1 is 1.06 bits per heavy atom. The third kappa shape index (κ3) is 3.59. The largest absolute Gasteiger partial charge is 0.379 e. The fraction of sp³-hybridized carbons (Fsp3) is 0.333. The van der Waals surface area contributed by atoms with Crippen molar-refractivity contribution in [2.75, 3.05) is 0 Å². The van der Waals surface area contributed by atoms with Gasteiger partial charge in [-0.25, -0.2) is 0 Å². The Hall–Kier alpha value is -0.803. The summed E-state index contributed by atoms with van der Waals surface area (Å²) in [5, 5.41) is 0.825. The Balaban J connectivity index is 3.06. The minimum Gasteiger partial charge on any atom is -0.185 e. The molecule has 0 spiro atoms. The molecule has 0 fully saturated rings. The molecule has 0 aromatic heterocycles. The summed E-state index contributed by atoms with van der Waals surface area (Å²) in [5.74, 6) is -2.95. The van der Waals surface area contributed by atoms with Gasteiger partial charge >= 0.3 is 10.8 Å². The molecular weight excluding hydrogens is 328 g/mol. The maximum Gasteiger partial charge on any atom is 0.379 e. The van der Waals surface area contributed by atoms with E-state index in [1.807, 2.05) is 0 Å². The first kappa shape index (κ1) is 15.3. The Morgan fingerprint density at radius 2 is 1.56 bits per heavy atom. The predicted octanol–water partition coefficient (Wildman–Crippen LogP) is 3.77. The molecule has 0 unspecified atom stereocenters. The first-order valence-corrected chi connectivity index (χ1v) is 8.90. The van der Waals surface area contributed by atoms with E-state index in [0.29, 0.717) is 0 Å². The summed E-state index contributed by atoms with van der Waals surface area (Å²) in [6.45, 7) is 3.47. The summed E-state index contributed by atoms with van der Waals surface area (Å²) in [4.78, 5) is -4.31. The van der Waals surface area contributed by atoms with E-state index >= 15 is 0 Å². The van der Waals surface area contributed by atoms with Crippen LogP contribution >= 0.6 is 15.9 Å². The van der Waals surface area contributed by atoms with Crippen molar-refractivity contribution in [3.63, 3.8) is 0 Å². The second-order valence-electron chi connectivity index (χ2n) is 4.31. The molecule has 0 saturated heterocycles. The molecule has 0 heterocycles. The van der Waals surface area contributed by atoms with Crippen LogP contribution in [-0.4, -0.2) is 18.8 Å². The second-order valence-corrected chi connectivity index (χ2v) is 9.39. The summed E-state index contributed by atoms with van der Waals surface area (Å²) in [5.41, 5.74) is 2.35. The Bertz CT molecular complexity index is 468. The lowest BCUT2D eigenvalue weighted by Crippen LogP contribution is -2.41. The van der Waals surface area contributed by atoms with Crippen LogP contribution in [-0.2, 0) is 0 Å². The topological polar surface area (TPSA) is 0 Å². The van der Waals surface area contributed by atoms with Crippen LogP contribution in [0.3, 0.4) is 0 Å². The molecule has 1 aromatic carbocycles. The van der Waals surface area contributed by atoms with Gasteiger partial charge in [0.2, 0.25) is 0 Å². The van der Waals surface area contributed by atoms with Crippen LogP contribution in [0.4, 0.5) is 17.6 Å². The second kappa shape index (κ2) is 5.06. The van der Waals surface area contributed by atoms with Crippen molar-refractivity contribution in [1.29, 1.82) is 0 Å². The van der Waals surface area contributed by atoms with Gasteiger partial charge in [-0.05, 0) is 27.0 Å². The summed E-state index contributed by atoms with van der Waals surface area (Å²) < 4.78 is 51.2. The maximum atomic E-state index is 13.0. The van der Waals surface area contributed by atoms with Gasteiger partial charge in [0, 0.05) is 0 Å². The fourth-order valence-corrected chi connectivity index (χ4v) is 2.97. The smallest absolute Gasteiger partial charge is 0.185 e. The molecule has 0 radical (unpaired) electrons. The molecule has 0 atom stereocenters. The average molecular weight is 339 g/mol. The van der Waals surface area contributed by atoms with E-state index < -0.39 is 18.8 Å². The molecule has 0 aliphatic carbocycles. The lowest BCUT2D eigenvalue weighted by molar-refractivity contribution is -0.104. The molecule has 0 N–H and O–H groups in total. The van der Waals surface area contributed by atoms with Crippen LogP contribution in [0, 0.1) is 11.5 Å². The van der Waals surface area contributed by atoms with Crippen LogP contribution in [0.5, 0.6) is 0 Å². The highest BCUT2D eigenvalue weighted by Gasteiger charge is 2.53. The normalized spacial score (nSPS) is 12.8. The van der Waals surface area contributed by atoms with Crippen LogP contribution in [0.1, 0.15) is 0 Å². The van der Waals surface area contributed by atoms with Crippen molar-refractivity contribution in [1.82, 2.24) is 0 Å². The van der Waals surface area contributed by atoms with Crippen LogP contribution in [0.15, 0.2) is 30.3 Å². The maximum absolute atomic E-state index is 13.0. The van der Waals surface area contributed by atoms with Gasteiger partial charge in [0.05, 0.1) is 0 Å². The molecule has 1 aromatic rings. The Kier molecular flexibility index (Phi) is 4.29. The van der Waals surface area contributed by atoms with Gasteiger partial charge in [0.25, 0.3) is 0 Å². The zero-order chi connectivity index (χ0) is 14.0. The van der Waals surface area contributed by atoms with Gasteiger partial charge in [-0.15, -0.1) is 5.54 Å². The van der Waals surface area contributed by atoms with E-state index in [2.05, 4.69) is 5.54 Å². The standard InChI is InChI=1S/C12H11BrF4Si/c1-18(2,10-6-4-3-5-7-10)9-8-11(14,15)12(13,16)17/h3-7H,1-2H3. The van der Waals surface area contributed by atoms with Crippen molar-refractivity contribution < 1.29 is 17.6 Å². The molecule has 6 heteroatoms. The Labute approximate surface area is 113 Å². The molecule has 0 bridgehead atoms. The first-order chi connectivity index (χ1) is 8.06. The number of rotatable bonds is 2. The van der Waals surface area contributed by atoms with E-state index in [1.54, 1.807) is 59.4 Å². The highest BCUT2D eigenvalue weighted by atomic mass is 79.9. The van der Waals surface area contributed by atoms with Gasteiger partial charge < -0.3 is 0 Å². The van der Waals surface area contributed by atoms with Crippen molar-refractivity contribution >= 4 is 29.2 Å². The summed E-state index contributed by atoms with van der Waals surface area (Å²) in [6, 6.07) is 8.87. The summed E-state index contributed by atoms with van der Waals surface area (Å²) in [7, 11) is -2.46. The average Bonchev–Trinajstić information content (AvgIpc) is 2.26. The summed E-state index contributed by atoms with van der Waals surface area (Å²) in [6.07, 6.45) is 0. The monoisotopic (exact) mass is 338 g/mol. The highest BCUT2D eigenvalue weighted by molar-refractivity contribution is 9.10. The van der Waals surface area contributed by atoms with Gasteiger partial charge in [-0.2, -0.15) is 17.6 Å². The number of halogens is 5. The highest BCUT2D eigenvalue weighted by Crippen LogP contribution is 2.38. The van der Waals surface area contributed by atoms with E-state index in [4.69, 9.17) is 0 Å². The number of hydrogen-bond donors (Lipinski definition) is 0. The molecular formula is C12H11BrF4Si. The van der Waals surface area contributed by atoms with Gasteiger partial charge in [-0.3, -0.25) is 0 Å². The number of alkyl halides is 5. The molecule has 18 heavy (non-hydrogen) atoms. The van der Waals surface area contributed by atoms with Crippen molar-refractivity contribution in [2.24, 2.45) is 0 Å². The van der Waals surface area contributed by atoms with Crippen LogP contribution < -0.4 is 5.19 Å². The fourth-order valence-electron chi connectivity index (χ4n) is 1.23. The predicted molar refractivity (Wildman–Crippen MR) is 70.2 cm³/mol.